The van der Waals surface area contributed by atoms with E-state index in [1.807, 2.05) is 13.0 Å². The molecule has 1 aromatic heterocycles. The van der Waals surface area contributed by atoms with Crippen LogP contribution in [0.5, 0.6) is 0 Å². The van der Waals surface area contributed by atoms with E-state index in [4.69, 9.17) is 5.73 Å². The van der Waals surface area contributed by atoms with Gasteiger partial charge in [0.25, 0.3) is 5.91 Å². The molecule has 1 aromatic rings. The molecule has 0 aromatic carbocycles. The average molecular weight is 194 g/mol. The molecular formula is C11H18N2O. The molecular weight excluding hydrogens is 176 g/mol. The lowest BCUT2D eigenvalue weighted by Crippen LogP contribution is -2.15. The van der Waals surface area contributed by atoms with Crippen molar-refractivity contribution >= 4 is 5.91 Å². The molecule has 0 radical (unpaired) electrons. The highest BCUT2D eigenvalue weighted by atomic mass is 16.1. The van der Waals surface area contributed by atoms with Crippen LogP contribution in [0, 0.1) is 6.92 Å². The third kappa shape index (κ3) is 1.97. The summed E-state index contributed by atoms with van der Waals surface area (Å²) in [4.78, 5) is 14.2. The van der Waals surface area contributed by atoms with Crippen LogP contribution in [0.3, 0.4) is 0 Å². The summed E-state index contributed by atoms with van der Waals surface area (Å²) in [5.41, 5.74) is 7.95. The standard InChI is InChI=1S/C11H18N2O/c1-4-8(5-2)9-6-7(3)13-10(9)11(12)14/h6,8,13H,4-5H2,1-3H3,(H2,12,14). The Morgan fingerprint density at radius 2 is 2.07 bits per heavy atom. The number of primary amides is 1. The van der Waals surface area contributed by atoms with Crippen molar-refractivity contribution in [1.29, 1.82) is 0 Å². The number of H-pyrrole nitrogens is 1. The van der Waals surface area contributed by atoms with Crippen molar-refractivity contribution in [2.75, 3.05) is 0 Å². The molecule has 0 aliphatic carbocycles. The minimum atomic E-state index is -0.361. The van der Waals surface area contributed by atoms with Crippen LogP contribution in [-0.2, 0) is 0 Å². The molecule has 1 heterocycles. The van der Waals surface area contributed by atoms with Gasteiger partial charge in [-0.1, -0.05) is 13.8 Å². The molecule has 3 nitrogen and oxygen atoms in total. The number of aromatic amines is 1. The van der Waals surface area contributed by atoms with E-state index < -0.39 is 0 Å². The third-order valence-electron chi connectivity index (χ3n) is 2.65. The SMILES string of the molecule is CCC(CC)c1cc(C)[nH]c1C(N)=O. The fourth-order valence-corrected chi connectivity index (χ4v) is 1.87. The molecule has 0 spiro atoms. The Morgan fingerprint density at radius 1 is 1.50 bits per heavy atom. The lowest BCUT2D eigenvalue weighted by molar-refractivity contribution is 0.0994. The Balaban J connectivity index is 3.11. The summed E-state index contributed by atoms with van der Waals surface area (Å²) in [6.07, 6.45) is 2.07. The van der Waals surface area contributed by atoms with Crippen molar-refractivity contribution < 1.29 is 4.79 Å². The van der Waals surface area contributed by atoms with Crippen LogP contribution < -0.4 is 5.73 Å². The predicted octanol–water partition coefficient (Wildman–Crippen LogP) is 2.33. The van der Waals surface area contributed by atoms with Gasteiger partial charge in [-0.05, 0) is 37.3 Å². The van der Waals surface area contributed by atoms with Crippen LogP contribution in [0.1, 0.15) is 54.4 Å². The first kappa shape index (κ1) is 10.8. The summed E-state index contributed by atoms with van der Waals surface area (Å²) >= 11 is 0. The topological polar surface area (TPSA) is 58.9 Å². The van der Waals surface area contributed by atoms with E-state index in [-0.39, 0.29) is 5.91 Å². The van der Waals surface area contributed by atoms with Crippen molar-refractivity contribution in [3.63, 3.8) is 0 Å². The molecule has 3 heteroatoms. The van der Waals surface area contributed by atoms with Gasteiger partial charge in [-0.15, -0.1) is 0 Å². The van der Waals surface area contributed by atoms with Gasteiger partial charge < -0.3 is 10.7 Å². The monoisotopic (exact) mass is 194 g/mol. The Labute approximate surface area is 84.7 Å². The van der Waals surface area contributed by atoms with Crippen molar-refractivity contribution in [1.82, 2.24) is 4.98 Å². The molecule has 0 aliphatic heterocycles. The smallest absolute Gasteiger partial charge is 0.265 e. The second kappa shape index (κ2) is 4.31. The van der Waals surface area contributed by atoms with Crippen molar-refractivity contribution in [3.05, 3.63) is 23.0 Å². The van der Waals surface area contributed by atoms with Gasteiger partial charge in [0.15, 0.2) is 0 Å². The van der Waals surface area contributed by atoms with Gasteiger partial charge in [0.1, 0.15) is 5.69 Å². The zero-order valence-electron chi connectivity index (χ0n) is 9.05. The van der Waals surface area contributed by atoms with E-state index in [2.05, 4.69) is 18.8 Å². The second-order valence-corrected chi connectivity index (χ2v) is 3.66. The zero-order valence-corrected chi connectivity index (χ0v) is 9.05. The Bertz CT molecular complexity index is 324. The maximum absolute atomic E-state index is 11.2. The Morgan fingerprint density at radius 3 is 2.50 bits per heavy atom. The van der Waals surface area contributed by atoms with E-state index in [0.29, 0.717) is 11.6 Å². The Kier molecular flexibility index (Phi) is 3.33. The van der Waals surface area contributed by atoms with Gasteiger partial charge in [0, 0.05) is 5.69 Å². The summed E-state index contributed by atoms with van der Waals surface area (Å²) < 4.78 is 0. The lowest BCUT2D eigenvalue weighted by atomic mass is 9.94. The van der Waals surface area contributed by atoms with Crippen molar-refractivity contribution in [2.24, 2.45) is 5.73 Å². The summed E-state index contributed by atoms with van der Waals surface area (Å²) in [6, 6.07) is 2.03. The molecule has 78 valence electrons. The first-order valence-corrected chi connectivity index (χ1v) is 5.09. The lowest BCUT2D eigenvalue weighted by Gasteiger charge is -2.11. The summed E-state index contributed by atoms with van der Waals surface area (Å²) in [5.74, 6) is 0.0717. The second-order valence-electron chi connectivity index (χ2n) is 3.66. The number of rotatable bonds is 4. The minimum absolute atomic E-state index is 0.361. The number of aromatic nitrogens is 1. The average Bonchev–Trinajstić information content (AvgIpc) is 2.50. The molecule has 0 aliphatic rings. The molecule has 0 saturated carbocycles. The number of nitrogens with two attached hydrogens (primary N) is 1. The van der Waals surface area contributed by atoms with Gasteiger partial charge in [-0.3, -0.25) is 4.79 Å². The van der Waals surface area contributed by atoms with E-state index in [1.54, 1.807) is 0 Å². The number of carbonyl (C=O) groups excluding carboxylic acids is 1. The predicted molar refractivity (Wildman–Crippen MR) is 57.4 cm³/mol. The minimum Gasteiger partial charge on any atom is -0.364 e. The largest absolute Gasteiger partial charge is 0.364 e. The fraction of sp³-hybridized carbons (Fsp3) is 0.545. The molecule has 0 atom stereocenters. The maximum atomic E-state index is 11.2. The van der Waals surface area contributed by atoms with Gasteiger partial charge >= 0.3 is 0 Å². The number of aryl methyl sites for hydroxylation is 1. The highest BCUT2D eigenvalue weighted by Crippen LogP contribution is 2.26. The van der Waals surface area contributed by atoms with E-state index in [9.17, 15) is 4.79 Å². The summed E-state index contributed by atoms with van der Waals surface area (Å²) in [5, 5.41) is 0. The highest BCUT2D eigenvalue weighted by Gasteiger charge is 2.17. The first-order valence-electron chi connectivity index (χ1n) is 5.09. The van der Waals surface area contributed by atoms with Crippen LogP contribution in [0.2, 0.25) is 0 Å². The van der Waals surface area contributed by atoms with Gasteiger partial charge in [-0.2, -0.15) is 0 Å². The summed E-state index contributed by atoms with van der Waals surface area (Å²) in [7, 11) is 0. The number of nitrogens with one attached hydrogen (secondary N) is 1. The van der Waals surface area contributed by atoms with E-state index >= 15 is 0 Å². The number of hydrogen-bond acceptors (Lipinski definition) is 1. The van der Waals surface area contributed by atoms with Crippen LogP contribution in [0.25, 0.3) is 0 Å². The van der Waals surface area contributed by atoms with Gasteiger partial charge in [0.2, 0.25) is 0 Å². The molecule has 3 N–H and O–H groups in total. The Hall–Kier alpha value is -1.25. The molecule has 0 fully saturated rings. The quantitative estimate of drug-likeness (QED) is 0.759. The highest BCUT2D eigenvalue weighted by molar-refractivity contribution is 5.92. The maximum Gasteiger partial charge on any atom is 0.265 e. The number of carbonyl (C=O) groups is 1. The number of amides is 1. The molecule has 1 amide bonds. The normalized spacial score (nSPS) is 10.9. The van der Waals surface area contributed by atoms with E-state index in [1.165, 1.54) is 0 Å². The fourth-order valence-electron chi connectivity index (χ4n) is 1.87. The zero-order chi connectivity index (χ0) is 10.7. The molecule has 1 rings (SSSR count). The summed E-state index contributed by atoms with van der Waals surface area (Å²) in [6.45, 7) is 6.20. The third-order valence-corrected chi connectivity index (χ3v) is 2.65. The molecule has 0 unspecified atom stereocenters. The molecule has 0 bridgehead atoms. The van der Waals surface area contributed by atoms with Crippen LogP contribution in [-0.4, -0.2) is 10.9 Å². The van der Waals surface area contributed by atoms with Gasteiger partial charge in [0.05, 0.1) is 0 Å². The number of hydrogen-bond donors (Lipinski definition) is 2. The van der Waals surface area contributed by atoms with Crippen LogP contribution in [0.15, 0.2) is 6.07 Å². The van der Waals surface area contributed by atoms with Gasteiger partial charge in [-0.25, -0.2) is 0 Å². The van der Waals surface area contributed by atoms with Crippen LogP contribution >= 0.6 is 0 Å². The molecule has 14 heavy (non-hydrogen) atoms. The first-order chi connectivity index (χ1) is 6.60. The van der Waals surface area contributed by atoms with Crippen molar-refractivity contribution in [3.8, 4) is 0 Å². The molecule has 0 saturated heterocycles. The van der Waals surface area contributed by atoms with Crippen LogP contribution in [0.4, 0.5) is 0 Å². The van der Waals surface area contributed by atoms with Crippen molar-refractivity contribution in [2.45, 2.75) is 39.5 Å². The van der Waals surface area contributed by atoms with E-state index in [0.717, 1.165) is 24.1 Å².